The number of amides is 1. The standard InChI is InChI=1S/C10H20N2O4S/c1-8(7-16-2)11-10(13)9-5-4-6-12(9)17(3,14)15/h8-9H,4-7H2,1-3H3,(H,11,13)/t8-,9+/m0/s1. The van der Waals surface area contributed by atoms with Crippen LogP contribution in [0.2, 0.25) is 0 Å². The van der Waals surface area contributed by atoms with Gasteiger partial charge in [0.2, 0.25) is 15.9 Å². The first kappa shape index (κ1) is 14.4. The Morgan fingerprint density at radius 2 is 2.24 bits per heavy atom. The van der Waals surface area contributed by atoms with Gasteiger partial charge in [-0.1, -0.05) is 0 Å². The first-order valence-corrected chi connectivity index (χ1v) is 7.47. The number of hydrogen-bond donors (Lipinski definition) is 1. The highest BCUT2D eigenvalue weighted by Gasteiger charge is 2.36. The monoisotopic (exact) mass is 264 g/mol. The van der Waals surface area contributed by atoms with Crippen molar-refractivity contribution in [3.8, 4) is 0 Å². The molecule has 0 aromatic carbocycles. The first-order chi connectivity index (χ1) is 7.86. The molecule has 1 saturated heterocycles. The third-order valence-corrected chi connectivity index (χ3v) is 4.03. The van der Waals surface area contributed by atoms with Crippen LogP contribution in [-0.2, 0) is 19.6 Å². The summed E-state index contributed by atoms with van der Waals surface area (Å²) in [4.78, 5) is 11.9. The Hall–Kier alpha value is -0.660. The molecule has 0 saturated carbocycles. The molecule has 0 aromatic rings. The Balaban J connectivity index is 2.63. The molecule has 0 unspecified atom stereocenters. The molecule has 2 atom stereocenters. The summed E-state index contributed by atoms with van der Waals surface area (Å²) in [5.41, 5.74) is 0. The second kappa shape index (κ2) is 5.79. The number of sulfonamides is 1. The number of carbonyl (C=O) groups is 1. The average molecular weight is 264 g/mol. The quantitative estimate of drug-likeness (QED) is 0.730. The molecule has 0 radical (unpaired) electrons. The predicted octanol–water partition coefficient (Wildman–Crippen LogP) is -0.438. The second-order valence-corrected chi connectivity index (χ2v) is 6.33. The Morgan fingerprint density at radius 1 is 1.59 bits per heavy atom. The fourth-order valence-electron chi connectivity index (χ4n) is 2.03. The minimum absolute atomic E-state index is 0.116. The van der Waals surface area contributed by atoms with Crippen LogP contribution < -0.4 is 5.32 Å². The first-order valence-electron chi connectivity index (χ1n) is 5.62. The SMILES string of the molecule is COC[C@H](C)NC(=O)[C@H]1CCCN1S(C)(=O)=O. The highest BCUT2D eigenvalue weighted by atomic mass is 32.2. The van der Waals surface area contributed by atoms with E-state index in [0.717, 1.165) is 12.7 Å². The molecular weight excluding hydrogens is 244 g/mol. The van der Waals surface area contributed by atoms with Gasteiger partial charge in [-0.05, 0) is 19.8 Å². The van der Waals surface area contributed by atoms with Gasteiger partial charge in [0.25, 0.3) is 0 Å². The number of nitrogens with zero attached hydrogens (tertiary/aromatic N) is 1. The molecule has 0 aromatic heterocycles. The summed E-state index contributed by atoms with van der Waals surface area (Å²) in [7, 11) is -1.75. The van der Waals surface area contributed by atoms with Crippen molar-refractivity contribution in [2.45, 2.75) is 31.8 Å². The van der Waals surface area contributed by atoms with E-state index < -0.39 is 16.1 Å². The predicted molar refractivity (Wildman–Crippen MR) is 64.1 cm³/mol. The zero-order valence-electron chi connectivity index (χ0n) is 10.5. The molecule has 0 bridgehead atoms. The molecule has 1 aliphatic rings. The van der Waals surface area contributed by atoms with E-state index in [0.29, 0.717) is 19.6 Å². The lowest BCUT2D eigenvalue weighted by Crippen LogP contribution is -2.48. The highest BCUT2D eigenvalue weighted by molar-refractivity contribution is 7.88. The van der Waals surface area contributed by atoms with Crippen molar-refractivity contribution in [3.05, 3.63) is 0 Å². The number of hydrogen-bond acceptors (Lipinski definition) is 4. The van der Waals surface area contributed by atoms with Crippen molar-refractivity contribution < 1.29 is 17.9 Å². The van der Waals surface area contributed by atoms with E-state index in [4.69, 9.17) is 4.74 Å². The highest BCUT2D eigenvalue weighted by Crippen LogP contribution is 2.20. The van der Waals surface area contributed by atoms with Crippen molar-refractivity contribution in [1.82, 2.24) is 9.62 Å². The molecule has 100 valence electrons. The van der Waals surface area contributed by atoms with Gasteiger partial charge in [-0.3, -0.25) is 4.79 Å². The van der Waals surface area contributed by atoms with Gasteiger partial charge in [0.1, 0.15) is 6.04 Å². The van der Waals surface area contributed by atoms with Gasteiger partial charge < -0.3 is 10.1 Å². The van der Waals surface area contributed by atoms with Crippen LogP contribution in [0.15, 0.2) is 0 Å². The summed E-state index contributed by atoms with van der Waals surface area (Å²) in [6, 6.07) is -0.682. The van der Waals surface area contributed by atoms with E-state index in [9.17, 15) is 13.2 Å². The topological polar surface area (TPSA) is 75.7 Å². The minimum Gasteiger partial charge on any atom is -0.383 e. The van der Waals surface area contributed by atoms with E-state index in [1.165, 1.54) is 4.31 Å². The molecule has 17 heavy (non-hydrogen) atoms. The molecule has 1 rings (SSSR count). The number of carbonyl (C=O) groups excluding carboxylic acids is 1. The maximum Gasteiger partial charge on any atom is 0.238 e. The van der Waals surface area contributed by atoms with Gasteiger partial charge in [0.05, 0.1) is 12.9 Å². The molecule has 1 amide bonds. The van der Waals surface area contributed by atoms with Crippen molar-refractivity contribution in [1.29, 1.82) is 0 Å². The van der Waals surface area contributed by atoms with Crippen LogP contribution in [0.25, 0.3) is 0 Å². The lowest BCUT2D eigenvalue weighted by atomic mass is 10.2. The van der Waals surface area contributed by atoms with E-state index >= 15 is 0 Å². The van der Waals surface area contributed by atoms with Gasteiger partial charge in [0, 0.05) is 19.7 Å². The Morgan fingerprint density at radius 3 is 2.76 bits per heavy atom. The van der Waals surface area contributed by atoms with Crippen LogP contribution in [-0.4, -0.2) is 57.2 Å². The summed E-state index contributed by atoms with van der Waals surface area (Å²) in [5, 5.41) is 2.75. The normalized spacial score (nSPS) is 23.6. The molecule has 1 aliphatic heterocycles. The Kier molecular flexibility index (Phi) is 4.91. The molecule has 6 nitrogen and oxygen atoms in total. The molecule has 1 fully saturated rings. The summed E-state index contributed by atoms with van der Waals surface area (Å²) >= 11 is 0. The summed E-state index contributed by atoms with van der Waals surface area (Å²) in [5.74, 6) is -0.238. The van der Waals surface area contributed by atoms with Gasteiger partial charge in [0.15, 0.2) is 0 Å². The molecule has 0 spiro atoms. The molecule has 1 N–H and O–H groups in total. The van der Waals surface area contributed by atoms with Crippen molar-refractivity contribution in [3.63, 3.8) is 0 Å². The second-order valence-electron chi connectivity index (χ2n) is 4.40. The third kappa shape index (κ3) is 3.93. The van der Waals surface area contributed by atoms with E-state index in [-0.39, 0.29) is 11.9 Å². The number of methoxy groups -OCH3 is 1. The van der Waals surface area contributed by atoms with Crippen LogP contribution in [0.5, 0.6) is 0 Å². The van der Waals surface area contributed by atoms with Gasteiger partial charge in [-0.2, -0.15) is 4.31 Å². The molecule has 1 heterocycles. The zero-order chi connectivity index (χ0) is 13.1. The zero-order valence-corrected chi connectivity index (χ0v) is 11.3. The number of rotatable bonds is 5. The van der Waals surface area contributed by atoms with E-state index in [1.54, 1.807) is 7.11 Å². The van der Waals surface area contributed by atoms with Crippen LogP contribution in [0.1, 0.15) is 19.8 Å². The van der Waals surface area contributed by atoms with E-state index in [2.05, 4.69) is 5.32 Å². The van der Waals surface area contributed by atoms with Crippen LogP contribution in [0.3, 0.4) is 0 Å². The van der Waals surface area contributed by atoms with Gasteiger partial charge >= 0.3 is 0 Å². The van der Waals surface area contributed by atoms with Crippen molar-refractivity contribution in [2.24, 2.45) is 0 Å². The van der Waals surface area contributed by atoms with Gasteiger partial charge in [-0.25, -0.2) is 8.42 Å². The summed E-state index contributed by atoms with van der Waals surface area (Å²) < 4.78 is 29.1. The summed E-state index contributed by atoms with van der Waals surface area (Å²) in [6.45, 7) is 2.66. The van der Waals surface area contributed by atoms with Crippen LogP contribution in [0, 0.1) is 0 Å². The Bertz CT molecular complexity index is 369. The summed E-state index contributed by atoms with van der Waals surface area (Å²) in [6.07, 6.45) is 2.44. The molecule has 7 heteroatoms. The largest absolute Gasteiger partial charge is 0.383 e. The van der Waals surface area contributed by atoms with Crippen LogP contribution in [0.4, 0.5) is 0 Å². The lowest BCUT2D eigenvalue weighted by Gasteiger charge is -2.23. The maximum atomic E-state index is 11.9. The molecular formula is C10H20N2O4S. The Labute approximate surface area is 102 Å². The number of nitrogens with one attached hydrogen (secondary N) is 1. The fourth-order valence-corrected chi connectivity index (χ4v) is 3.15. The van der Waals surface area contributed by atoms with E-state index in [1.807, 2.05) is 6.92 Å². The lowest BCUT2D eigenvalue weighted by molar-refractivity contribution is -0.125. The molecule has 0 aliphatic carbocycles. The number of ether oxygens (including phenoxy) is 1. The van der Waals surface area contributed by atoms with Gasteiger partial charge in [-0.15, -0.1) is 0 Å². The fraction of sp³-hybridized carbons (Fsp3) is 0.900. The van der Waals surface area contributed by atoms with Crippen molar-refractivity contribution >= 4 is 15.9 Å². The smallest absolute Gasteiger partial charge is 0.238 e. The maximum absolute atomic E-state index is 11.9. The average Bonchev–Trinajstić information content (AvgIpc) is 2.65. The van der Waals surface area contributed by atoms with Crippen LogP contribution >= 0.6 is 0 Å². The van der Waals surface area contributed by atoms with Crippen molar-refractivity contribution in [2.75, 3.05) is 26.5 Å². The minimum atomic E-state index is -3.30. The third-order valence-electron chi connectivity index (χ3n) is 2.74.